The van der Waals surface area contributed by atoms with E-state index in [2.05, 4.69) is 16.0 Å². The van der Waals surface area contributed by atoms with Crippen LogP contribution >= 0.6 is 23.5 Å². The number of nitrogens with one attached hydrogen (secondary N) is 3. The predicted molar refractivity (Wildman–Crippen MR) is 128 cm³/mol. The molecule has 0 aliphatic rings. The highest BCUT2D eigenvalue weighted by Crippen LogP contribution is 2.06. The van der Waals surface area contributed by atoms with Gasteiger partial charge in [-0.15, -0.1) is 0 Å². The zero-order valence-corrected chi connectivity index (χ0v) is 20.7. The third kappa shape index (κ3) is 12.7. The van der Waals surface area contributed by atoms with Crippen LogP contribution in [0.4, 0.5) is 0 Å². The molecule has 9 N–H and O–H groups in total. The predicted octanol–water partition coefficient (Wildman–Crippen LogP) is -1.99. The third-order valence-electron chi connectivity index (χ3n) is 4.57. The number of carboxylic acid groups (broad SMARTS) is 1. The Morgan fingerprint density at radius 1 is 0.848 bits per heavy atom. The summed E-state index contributed by atoms with van der Waals surface area (Å²) in [5, 5.41) is 26.0. The van der Waals surface area contributed by atoms with Gasteiger partial charge in [-0.25, -0.2) is 4.79 Å². The second kappa shape index (κ2) is 16.6. The fraction of sp³-hybridized carbons (Fsp3) is 0.737. The van der Waals surface area contributed by atoms with E-state index in [1.807, 2.05) is 6.26 Å². The minimum absolute atomic E-state index is 0.107. The number of carbonyl (C=O) groups excluding carboxylic acids is 4. The minimum Gasteiger partial charge on any atom is -0.480 e. The number of hydrogen-bond acceptors (Lipinski definition) is 9. The maximum Gasteiger partial charge on any atom is 0.328 e. The van der Waals surface area contributed by atoms with Gasteiger partial charge in [0.15, 0.2) is 6.04 Å². The van der Waals surface area contributed by atoms with Gasteiger partial charge in [-0.2, -0.15) is 23.5 Å². The maximum absolute atomic E-state index is 12.9. The van der Waals surface area contributed by atoms with E-state index >= 15 is 0 Å². The second-order valence-corrected chi connectivity index (χ2v) is 9.33. The Morgan fingerprint density at radius 3 is 1.82 bits per heavy atom. The molecule has 0 aromatic carbocycles. The number of hydrogen-bond donors (Lipinski definition) is 7. The highest BCUT2D eigenvalue weighted by molar-refractivity contribution is 7.98. The summed E-state index contributed by atoms with van der Waals surface area (Å²) in [5.41, 5.74) is 11.0. The summed E-state index contributed by atoms with van der Waals surface area (Å²) in [5.74, 6) is -3.14. The lowest BCUT2D eigenvalue weighted by atomic mass is 10.1. The number of thioether (sulfide) groups is 2. The van der Waals surface area contributed by atoms with Crippen molar-refractivity contribution >= 4 is 53.1 Å². The van der Waals surface area contributed by atoms with Gasteiger partial charge in [-0.1, -0.05) is 0 Å². The molecule has 33 heavy (non-hydrogen) atoms. The summed E-state index contributed by atoms with van der Waals surface area (Å²) < 4.78 is 0. The molecule has 12 nitrogen and oxygen atoms in total. The molecule has 0 aliphatic heterocycles. The van der Waals surface area contributed by atoms with Gasteiger partial charge in [0.25, 0.3) is 0 Å². The number of nitrogens with two attached hydrogens (primary N) is 2. The van der Waals surface area contributed by atoms with Crippen LogP contribution in [0.1, 0.15) is 32.6 Å². The van der Waals surface area contributed by atoms with Crippen LogP contribution in [0.3, 0.4) is 0 Å². The summed E-state index contributed by atoms with van der Waals surface area (Å²) in [4.78, 5) is 60.4. The summed E-state index contributed by atoms with van der Waals surface area (Å²) in [6.45, 7) is 1.21. The molecule has 0 aromatic heterocycles. The first-order valence-corrected chi connectivity index (χ1v) is 13.1. The fourth-order valence-electron chi connectivity index (χ4n) is 2.63. The molecule has 0 aromatic rings. The molecular weight excluding hydrogens is 474 g/mol. The molecule has 14 heteroatoms. The number of aliphatic hydroxyl groups is 1. The van der Waals surface area contributed by atoms with E-state index in [1.54, 1.807) is 6.26 Å². The number of aliphatic hydroxyl groups excluding tert-OH is 1. The molecule has 5 unspecified atom stereocenters. The van der Waals surface area contributed by atoms with Crippen LogP contribution in [0, 0.1) is 0 Å². The Morgan fingerprint density at radius 2 is 1.33 bits per heavy atom. The molecule has 0 heterocycles. The average Bonchev–Trinajstić information content (AvgIpc) is 2.74. The van der Waals surface area contributed by atoms with Crippen LogP contribution < -0.4 is 27.4 Å². The van der Waals surface area contributed by atoms with Crippen molar-refractivity contribution < 1.29 is 34.2 Å². The van der Waals surface area contributed by atoms with Gasteiger partial charge in [0.1, 0.15) is 12.1 Å². The van der Waals surface area contributed by atoms with E-state index in [0.29, 0.717) is 17.9 Å². The Bertz CT molecular complexity index is 681. The van der Waals surface area contributed by atoms with Gasteiger partial charge >= 0.3 is 5.97 Å². The highest BCUT2D eigenvalue weighted by atomic mass is 32.2. The van der Waals surface area contributed by atoms with Crippen LogP contribution in [0.5, 0.6) is 0 Å². The van der Waals surface area contributed by atoms with Crippen molar-refractivity contribution in [3.63, 3.8) is 0 Å². The van der Waals surface area contributed by atoms with Gasteiger partial charge in [0.05, 0.1) is 12.1 Å². The largest absolute Gasteiger partial charge is 0.480 e. The molecule has 0 radical (unpaired) electrons. The number of rotatable bonds is 17. The first-order chi connectivity index (χ1) is 15.4. The van der Waals surface area contributed by atoms with Crippen molar-refractivity contribution in [2.75, 3.05) is 24.0 Å². The van der Waals surface area contributed by atoms with E-state index < -0.39 is 59.9 Å². The lowest BCUT2D eigenvalue weighted by molar-refractivity contribution is -0.145. The Labute approximate surface area is 201 Å². The fourth-order valence-corrected chi connectivity index (χ4v) is 3.59. The molecule has 0 saturated carbocycles. The van der Waals surface area contributed by atoms with Crippen molar-refractivity contribution in [2.45, 2.75) is 62.9 Å². The van der Waals surface area contributed by atoms with E-state index in [9.17, 15) is 34.2 Å². The highest BCUT2D eigenvalue weighted by Gasteiger charge is 2.31. The van der Waals surface area contributed by atoms with Crippen LogP contribution in [0.25, 0.3) is 0 Å². The SMILES string of the molecule is CSCCC(N)C(=O)NC(CCC(N)=O)C(=O)NC(CCSC)C(=O)NC(C(=O)O)C(C)O. The lowest BCUT2D eigenvalue weighted by Crippen LogP contribution is -2.58. The molecule has 0 rings (SSSR count). The van der Waals surface area contributed by atoms with E-state index in [1.165, 1.54) is 30.4 Å². The van der Waals surface area contributed by atoms with Crippen LogP contribution in [-0.4, -0.2) is 94.1 Å². The van der Waals surface area contributed by atoms with Gasteiger partial charge in [0, 0.05) is 6.42 Å². The van der Waals surface area contributed by atoms with Gasteiger partial charge < -0.3 is 37.6 Å². The van der Waals surface area contributed by atoms with Crippen molar-refractivity contribution in [1.29, 1.82) is 0 Å². The third-order valence-corrected chi connectivity index (χ3v) is 5.86. The van der Waals surface area contributed by atoms with E-state index in [-0.39, 0.29) is 19.3 Å². The minimum atomic E-state index is -1.56. The van der Waals surface area contributed by atoms with Crippen molar-refractivity contribution in [3.05, 3.63) is 0 Å². The first-order valence-electron chi connectivity index (χ1n) is 10.3. The van der Waals surface area contributed by atoms with Crippen LogP contribution in [-0.2, 0) is 24.0 Å². The molecule has 0 bridgehead atoms. The normalized spacial score (nSPS) is 15.4. The van der Waals surface area contributed by atoms with Crippen molar-refractivity contribution in [2.24, 2.45) is 11.5 Å². The summed E-state index contributed by atoms with van der Waals surface area (Å²) in [6, 6.07) is -4.74. The Hall–Kier alpha value is -2.03. The number of carboxylic acids is 1. The van der Waals surface area contributed by atoms with Crippen molar-refractivity contribution in [1.82, 2.24) is 16.0 Å². The first kappa shape index (κ1) is 31.0. The molecule has 4 amide bonds. The molecule has 5 atom stereocenters. The number of amides is 4. The Kier molecular flexibility index (Phi) is 15.5. The molecular formula is C19H35N5O7S2. The molecule has 190 valence electrons. The molecule has 0 aliphatic carbocycles. The van der Waals surface area contributed by atoms with E-state index in [0.717, 1.165) is 0 Å². The van der Waals surface area contributed by atoms with Crippen LogP contribution in [0.15, 0.2) is 0 Å². The topological polar surface area (TPSA) is 214 Å². The zero-order chi connectivity index (χ0) is 25.6. The number of primary amides is 1. The van der Waals surface area contributed by atoms with Crippen LogP contribution in [0.2, 0.25) is 0 Å². The summed E-state index contributed by atoms with van der Waals surface area (Å²) >= 11 is 2.91. The smallest absolute Gasteiger partial charge is 0.328 e. The van der Waals surface area contributed by atoms with Gasteiger partial charge in [-0.3, -0.25) is 19.2 Å². The van der Waals surface area contributed by atoms with E-state index in [4.69, 9.17) is 11.5 Å². The quantitative estimate of drug-likeness (QED) is 0.114. The monoisotopic (exact) mass is 509 g/mol. The van der Waals surface area contributed by atoms with Gasteiger partial charge in [0.2, 0.25) is 23.6 Å². The Balaban J connectivity index is 5.46. The maximum atomic E-state index is 12.9. The van der Waals surface area contributed by atoms with Gasteiger partial charge in [-0.05, 0) is 50.2 Å². The standard InChI is InChI=1S/C19H35N5O7S2/c1-10(25)15(19(30)31)24-18(29)13(7-9-33-3)23-17(28)12(4-5-14(21)26)22-16(27)11(20)6-8-32-2/h10-13,15,25H,4-9,20H2,1-3H3,(H2,21,26)(H,22,27)(H,23,28)(H,24,29)(H,30,31). The number of carbonyl (C=O) groups is 5. The average molecular weight is 510 g/mol. The number of aliphatic carboxylic acids is 1. The summed E-state index contributed by atoms with van der Waals surface area (Å²) in [7, 11) is 0. The van der Waals surface area contributed by atoms with Crippen molar-refractivity contribution in [3.8, 4) is 0 Å². The molecule has 0 spiro atoms. The lowest BCUT2D eigenvalue weighted by Gasteiger charge is -2.25. The zero-order valence-electron chi connectivity index (χ0n) is 19.0. The molecule has 0 saturated heterocycles. The summed E-state index contributed by atoms with van der Waals surface area (Å²) in [6.07, 6.45) is 2.53. The molecule has 0 fully saturated rings. The second-order valence-electron chi connectivity index (χ2n) is 7.36.